The maximum absolute atomic E-state index is 12.7. The normalized spacial score (nSPS) is 17.8. The van der Waals surface area contributed by atoms with Gasteiger partial charge in [0.1, 0.15) is 5.56 Å². The molecule has 0 aliphatic heterocycles. The third-order valence-electron chi connectivity index (χ3n) is 5.33. The highest BCUT2D eigenvalue weighted by molar-refractivity contribution is 5.94. The Labute approximate surface area is 163 Å². The standard InChI is InChI=1S/C22H24N4O2/c1-14-6-8-15(9-7-14)26-19-12-22(2,3)11-18(17(19)13-24-26)25-21(28)16-5-4-10-23-20(16)27/h4-10,13,18H,11-12H2,1-3H3,(H,23,27)(H,25,28)/t18-/m1/s1. The van der Waals surface area contributed by atoms with Crippen molar-refractivity contribution in [1.82, 2.24) is 20.1 Å². The smallest absolute Gasteiger partial charge is 0.260 e. The minimum Gasteiger partial charge on any atom is -0.345 e. The number of fused-ring (bicyclic) bond motifs is 1. The number of nitrogens with zero attached hydrogens (tertiary/aromatic N) is 2. The molecule has 1 aliphatic rings. The lowest BCUT2D eigenvalue weighted by molar-refractivity contribution is 0.0917. The molecule has 4 rings (SSSR count). The van der Waals surface area contributed by atoms with E-state index in [1.807, 2.05) is 10.9 Å². The molecule has 3 aromatic rings. The second kappa shape index (κ2) is 6.78. The summed E-state index contributed by atoms with van der Waals surface area (Å²) in [5.41, 5.74) is 4.06. The van der Waals surface area contributed by atoms with Gasteiger partial charge < -0.3 is 10.3 Å². The van der Waals surface area contributed by atoms with Crippen LogP contribution in [0.5, 0.6) is 0 Å². The molecule has 2 N–H and O–H groups in total. The lowest BCUT2D eigenvalue weighted by Crippen LogP contribution is -2.38. The third-order valence-corrected chi connectivity index (χ3v) is 5.33. The van der Waals surface area contributed by atoms with Crippen molar-refractivity contribution in [2.24, 2.45) is 5.41 Å². The predicted molar refractivity (Wildman–Crippen MR) is 108 cm³/mol. The lowest BCUT2D eigenvalue weighted by atomic mass is 9.74. The molecule has 0 spiro atoms. The Kier molecular flexibility index (Phi) is 4.41. The minimum atomic E-state index is -0.384. The molecule has 2 heterocycles. The predicted octanol–water partition coefficient (Wildman–Crippen LogP) is 3.31. The largest absolute Gasteiger partial charge is 0.345 e. The number of pyridine rings is 1. The minimum absolute atomic E-state index is 0.00344. The number of amides is 1. The van der Waals surface area contributed by atoms with Crippen molar-refractivity contribution in [3.8, 4) is 5.69 Å². The zero-order valence-electron chi connectivity index (χ0n) is 16.3. The molecule has 1 amide bonds. The van der Waals surface area contributed by atoms with E-state index in [0.29, 0.717) is 0 Å². The molecule has 2 aromatic heterocycles. The Hall–Kier alpha value is -3.15. The average molecular weight is 376 g/mol. The molecule has 28 heavy (non-hydrogen) atoms. The Balaban J connectivity index is 1.70. The van der Waals surface area contributed by atoms with Crippen LogP contribution in [0.2, 0.25) is 0 Å². The van der Waals surface area contributed by atoms with Crippen molar-refractivity contribution >= 4 is 5.91 Å². The van der Waals surface area contributed by atoms with Crippen molar-refractivity contribution in [2.75, 3.05) is 0 Å². The van der Waals surface area contributed by atoms with Crippen LogP contribution in [0.15, 0.2) is 53.6 Å². The van der Waals surface area contributed by atoms with Gasteiger partial charge in [-0.05, 0) is 49.4 Å². The van der Waals surface area contributed by atoms with E-state index in [2.05, 4.69) is 60.4 Å². The Morgan fingerprint density at radius 2 is 2.00 bits per heavy atom. The molecule has 6 heteroatoms. The first-order valence-electron chi connectivity index (χ1n) is 9.46. The van der Waals surface area contributed by atoms with Gasteiger partial charge in [0.2, 0.25) is 0 Å². The molecule has 1 aliphatic carbocycles. The molecule has 0 fully saturated rings. The number of carbonyl (C=O) groups excluding carboxylic acids is 1. The van der Waals surface area contributed by atoms with Gasteiger partial charge in [-0.25, -0.2) is 4.68 Å². The molecule has 0 saturated heterocycles. The van der Waals surface area contributed by atoms with Crippen LogP contribution < -0.4 is 10.9 Å². The third kappa shape index (κ3) is 3.38. The van der Waals surface area contributed by atoms with E-state index in [0.717, 1.165) is 29.8 Å². The van der Waals surface area contributed by atoms with E-state index in [-0.39, 0.29) is 28.5 Å². The molecule has 1 aromatic carbocycles. The molecule has 0 bridgehead atoms. The van der Waals surface area contributed by atoms with Gasteiger partial charge >= 0.3 is 0 Å². The van der Waals surface area contributed by atoms with Gasteiger partial charge in [0.05, 0.1) is 23.6 Å². The lowest BCUT2D eigenvalue weighted by Gasteiger charge is -2.36. The summed E-state index contributed by atoms with van der Waals surface area (Å²) in [6.45, 7) is 6.44. The van der Waals surface area contributed by atoms with Crippen molar-refractivity contribution in [1.29, 1.82) is 0 Å². The number of carbonyl (C=O) groups is 1. The molecular weight excluding hydrogens is 352 g/mol. The average Bonchev–Trinajstić information content (AvgIpc) is 3.05. The zero-order chi connectivity index (χ0) is 19.9. The summed E-state index contributed by atoms with van der Waals surface area (Å²) in [7, 11) is 0. The van der Waals surface area contributed by atoms with Crippen LogP contribution in [0.25, 0.3) is 5.69 Å². The molecule has 144 valence electrons. The SMILES string of the molecule is Cc1ccc(-n2ncc3c2CC(C)(C)C[C@H]3NC(=O)c2ccc[nH]c2=O)cc1. The molecule has 6 nitrogen and oxygen atoms in total. The zero-order valence-corrected chi connectivity index (χ0v) is 16.3. The van der Waals surface area contributed by atoms with E-state index in [9.17, 15) is 9.59 Å². The first kappa shape index (κ1) is 18.2. The Morgan fingerprint density at radius 3 is 2.71 bits per heavy atom. The number of aryl methyl sites for hydroxylation is 1. The first-order valence-corrected chi connectivity index (χ1v) is 9.46. The number of hydrogen-bond donors (Lipinski definition) is 2. The highest BCUT2D eigenvalue weighted by atomic mass is 16.2. The van der Waals surface area contributed by atoms with Crippen molar-refractivity contribution < 1.29 is 4.79 Å². The van der Waals surface area contributed by atoms with E-state index < -0.39 is 0 Å². The highest BCUT2D eigenvalue weighted by Crippen LogP contribution is 2.41. The van der Waals surface area contributed by atoms with Gasteiger partial charge in [0.15, 0.2) is 0 Å². The van der Waals surface area contributed by atoms with E-state index >= 15 is 0 Å². The fraction of sp³-hybridized carbons (Fsp3) is 0.318. The molecule has 1 atom stereocenters. The van der Waals surface area contributed by atoms with Crippen molar-refractivity contribution in [2.45, 2.75) is 39.7 Å². The Bertz CT molecular complexity index is 1080. The van der Waals surface area contributed by atoms with Gasteiger partial charge in [-0.2, -0.15) is 5.10 Å². The van der Waals surface area contributed by atoms with Crippen LogP contribution in [0, 0.1) is 12.3 Å². The van der Waals surface area contributed by atoms with Crippen LogP contribution in [0.3, 0.4) is 0 Å². The van der Waals surface area contributed by atoms with Gasteiger partial charge in [0.25, 0.3) is 11.5 Å². The number of aromatic amines is 1. The molecule has 0 saturated carbocycles. The number of H-pyrrole nitrogens is 1. The maximum Gasteiger partial charge on any atom is 0.260 e. The number of benzene rings is 1. The van der Waals surface area contributed by atoms with Crippen LogP contribution in [0.4, 0.5) is 0 Å². The Morgan fingerprint density at radius 1 is 1.25 bits per heavy atom. The molecule has 0 radical (unpaired) electrons. The summed E-state index contributed by atoms with van der Waals surface area (Å²) < 4.78 is 1.96. The summed E-state index contributed by atoms with van der Waals surface area (Å²) in [5.74, 6) is -0.362. The van der Waals surface area contributed by atoms with Crippen LogP contribution in [-0.4, -0.2) is 20.7 Å². The van der Waals surface area contributed by atoms with Gasteiger partial charge in [0, 0.05) is 11.8 Å². The second-order valence-corrected chi connectivity index (χ2v) is 8.28. The molecular formula is C22H24N4O2. The van der Waals surface area contributed by atoms with E-state index in [1.54, 1.807) is 12.1 Å². The summed E-state index contributed by atoms with van der Waals surface area (Å²) in [6.07, 6.45) is 5.02. The van der Waals surface area contributed by atoms with Crippen molar-refractivity contribution in [3.05, 3.63) is 81.5 Å². The van der Waals surface area contributed by atoms with Crippen LogP contribution >= 0.6 is 0 Å². The van der Waals surface area contributed by atoms with Gasteiger partial charge in [-0.15, -0.1) is 0 Å². The fourth-order valence-corrected chi connectivity index (χ4v) is 3.92. The quantitative estimate of drug-likeness (QED) is 0.736. The van der Waals surface area contributed by atoms with Crippen LogP contribution in [0.1, 0.15) is 53.5 Å². The van der Waals surface area contributed by atoms with Gasteiger partial charge in [-0.1, -0.05) is 31.5 Å². The second-order valence-electron chi connectivity index (χ2n) is 8.28. The van der Waals surface area contributed by atoms with Crippen molar-refractivity contribution in [3.63, 3.8) is 0 Å². The topological polar surface area (TPSA) is 79.8 Å². The van der Waals surface area contributed by atoms with E-state index in [4.69, 9.17) is 0 Å². The monoisotopic (exact) mass is 376 g/mol. The number of hydrogen-bond acceptors (Lipinski definition) is 3. The fourth-order valence-electron chi connectivity index (χ4n) is 3.92. The first-order chi connectivity index (χ1) is 13.3. The number of nitrogens with one attached hydrogen (secondary N) is 2. The van der Waals surface area contributed by atoms with Crippen LogP contribution in [-0.2, 0) is 6.42 Å². The molecule has 0 unspecified atom stereocenters. The van der Waals surface area contributed by atoms with Gasteiger partial charge in [-0.3, -0.25) is 9.59 Å². The number of aromatic nitrogens is 3. The number of rotatable bonds is 3. The summed E-state index contributed by atoms with van der Waals surface area (Å²) in [6, 6.07) is 11.3. The summed E-state index contributed by atoms with van der Waals surface area (Å²) in [4.78, 5) is 27.2. The summed E-state index contributed by atoms with van der Waals surface area (Å²) >= 11 is 0. The highest BCUT2D eigenvalue weighted by Gasteiger charge is 2.36. The van der Waals surface area contributed by atoms with E-state index in [1.165, 1.54) is 11.8 Å². The summed E-state index contributed by atoms with van der Waals surface area (Å²) in [5, 5.41) is 7.66. The maximum atomic E-state index is 12.7.